The normalized spacial score (nSPS) is 13.4. The molecule has 0 aromatic heterocycles. The van der Waals surface area contributed by atoms with Crippen molar-refractivity contribution in [3.8, 4) is 11.5 Å². The monoisotopic (exact) mass is 208 g/mol. The molecule has 2 rings (SSSR count). The summed E-state index contributed by atoms with van der Waals surface area (Å²) in [6, 6.07) is 1.75. The predicted molar refractivity (Wildman–Crippen MR) is 53.4 cm³/mol. The standard InChI is InChI=1S/C11H12O4/c1-6-4-9-7(2-3-15-9)8(11(6)14)5-10(12)13/h4,14H,2-3,5H2,1H3,(H,12,13). The molecule has 1 heterocycles. The second-order valence-corrected chi connectivity index (χ2v) is 3.67. The topological polar surface area (TPSA) is 66.8 Å². The van der Waals surface area contributed by atoms with Crippen molar-refractivity contribution in [3.63, 3.8) is 0 Å². The minimum atomic E-state index is -0.940. The Bertz CT molecular complexity index is 423. The molecule has 0 saturated heterocycles. The van der Waals surface area contributed by atoms with Gasteiger partial charge in [-0.05, 0) is 18.6 Å². The van der Waals surface area contributed by atoms with Gasteiger partial charge in [-0.3, -0.25) is 4.79 Å². The molecule has 0 unspecified atom stereocenters. The summed E-state index contributed by atoms with van der Waals surface area (Å²) >= 11 is 0. The van der Waals surface area contributed by atoms with Crippen LogP contribution in [0.2, 0.25) is 0 Å². The smallest absolute Gasteiger partial charge is 0.307 e. The lowest BCUT2D eigenvalue weighted by molar-refractivity contribution is -0.136. The molecule has 0 radical (unpaired) electrons. The van der Waals surface area contributed by atoms with E-state index in [1.807, 2.05) is 0 Å². The van der Waals surface area contributed by atoms with E-state index in [0.717, 1.165) is 5.56 Å². The molecular formula is C11H12O4. The number of carbonyl (C=O) groups is 1. The molecule has 0 aliphatic carbocycles. The highest BCUT2D eigenvalue weighted by molar-refractivity contribution is 5.73. The molecule has 0 amide bonds. The molecule has 0 fully saturated rings. The van der Waals surface area contributed by atoms with Crippen LogP contribution in [0.1, 0.15) is 16.7 Å². The first-order valence-corrected chi connectivity index (χ1v) is 4.78. The maximum atomic E-state index is 10.7. The third-order valence-electron chi connectivity index (χ3n) is 2.61. The summed E-state index contributed by atoms with van der Waals surface area (Å²) in [5.41, 5.74) is 1.99. The fourth-order valence-electron chi connectivity index (χ4n) is 1.89. The van der Waals surface area contributed by atoms with Crippen molar-refractivity contribution in [2.24, 2.45) is 0 Å². The Morgan fingerprint density at radius 1 is 1.60 bits per heavy atom. The highest BCUT2D eigenvalue weighted by Gasteiger charge is 2.22. The molecule has 0 spiro atoms. The van der Waals surface area contributed by atoms with Crippen LogP contribution < -0.4 is 4.74 Å². The van der Waals surface area contributed by atoms with Crippen LogP contribution in [0.4, 0.5) is 0 Å². The zero-order valence-electron chi connectivity index (χ0n) is 8.41. The van der Waals surface area contributed by atoms with Gasteiger partial charge in [0.25, 0.3) is 0 Å². The summed E-state index contributed by atoms with van der Waals surface area (Å²) in [4.78, 5) is 10.7. The number of phenolic OH excluding ortho intramolecular Hbond substituents is 1. The van der Waals surface area contributed by atoms with Crippen LogP contribution in [-0.4, -0.2) is 22.8 Å². The number of aryl methyl sites for hydroxylation is 1. The molecule has 1 aliphatic rings. The fourth-order valence-corrected chi connectivity index (χ4v) is 1.89. The van der Waals surface area contributed by atoms with E-state index in [1.54, 1.807) is 13.0 Å². The van der Waals surface area contributed by atoms with Crippen LogP contribution >= 0.6 is 0 Å². The zero-order chi connectivity index (χ0) is 11.0. The summed E-state index contributed by atoms with van der Waals surface area (Å²) in [6.07, 6.45) is 0.519. The number of benzene rings is 1. The van der Waals surface area contributed by atoms with E-state index in [1.165, 1.54) is 0 Å². The summed E-state index contributed by atoms with van der Waals surface area (Å²) < 4.78 is 5.35. The average molecular weight is 208 g/mol. The second kappa shape index (κ2) is 3.46. The Hall–Kier alpha value is -1.71. The summed E-state index contributed by atoms with van der Waals surface area (Å²) in [5, 5.41) is 18.6. The Morgan fingerprint density at radius 2 is 2.33 bits per heavy atom. The minimum absolute atomic E-state index is 0.0849. The third kappa shape index (κ3) is 1.63. The van der Waals surface area contributed by atoms with E-state index >= 15 is 0 Å². The highest BCUT2D eigenvalue weighted by atomic mass is 16.5. The number of fused-ring (bicyclic) bond motifs is 1. The van der Waals surface area contributed by atoms with Gasteiger partial charge in [-0.25, -0.2) is 0 Å². The number of aromatic hydroxyl groups is 1. The van der Waals surface area contributed by atoms with Gasteiger partial charge >= 0.3 is 5.97 Å². The maximum Gasteiger partial charge on any atom is 0.307 e. The van der Waals surface area contributed by atoms with Crippen LogP contribution in [0, 0.1) is 6.92 Å². The SMILES string of the molecule is Cc1cc2c(c(CC(=O)O)c1O)CCO2. The fraction of sp³-hybridized carbons (Fsp3) is 0.364. The van der Waals surface area contributed by atoms with Crippen LogP contribution in [0.3, 0.4) is 0 Å². The van der Waals surface area contributed by atoms with Crippen molar-refractivity contribution in [3.05, 3.63) is 22.8 Å². The van der Waals surface area contributed by atoms with Crippen molar-refractivity contribution in [1.82, 2.24) is 0 Å². The number of aliphatic carboxylic acids is 1. The third-order valence-corrected chi connectivity index (χ3v) is 2.61. The second-order valence-electron chi connectivity index (χ2n) is 3.67. The lowest BCUT2D eigenvalue weighted by Crippen LogP contribution is -2.04. The van der Waals surface area contributed by atoms with E-state index in [9.17, 15) is 9.90 Å². The number of hydrogen-bond acceptors (Lipinski definition) is 3. The molecule has 2 N–H and O–H groups in total. The van der Waals surface area contributed by atoms with Crippen molar-refractivity contribution < 1.29 is 19.7 Å². The molecule has 1 aliphatic heterocycles. The van der Waals surface area contributed by atoms with Gasteiger partial charge in [0.05, 0.1) is 13.0 Å². The van der Waals surface area contributed by atoms with E-state index in [0.29, 0.717) is 29.9 Å². The molecular weight excluding hydrogens is 196 g/mol. The van der Waals surface area contributed by atoms with Crippen molar-refractivity contribution >= 4 is 5.97 Å². The average Bonchev–Trinajstić information content (AvgIpc) is 2.59. The summed E-state index contributed by atoms with van der Waals surface area (Å²) in [5.74, 6) is -0.145. The minimum Gasteiger partial charge on any atom is -0.507 e. The molecule has 0 atom stereocenters. The van der Waals surface area contributed by atoms with Crippen molar-refractivity contribution in [1.29, 1.82) is 0 Å². The Kier molecular flexibility index (Phi) is 2.26. The van der Waals surface area contributed by atoms with Gasteiger partial charge in [-0.2, -0.15) is 0 Å². The van der Waals surface area contributed by atoms with E-state index in [2.05, 4.69) is 0 Å². The number of carboxylic acids is 1. The van der Waals surface area contributed by atoms with Crippen molar-refractivity contribution in [2.45, 2.75) is 19.8 Å². The van der Waals surface area contributed by atoms with Gasteiger partial charge in [0.15, 0.2) is 0 Å². The Balaban J connectivity index is 2.55. The Morgan fingerprint density at radius 3 is 3.00 bits per heavy atom. The van der Waals surface area contributed by atoms with Crippen LogP contribution in [0.25, 0.3) is 0 Å². The molecule has 1 aromatic rings. The molecule has 15 heavy (non-hydrogen) atoms. The quantitative estimate of drug-likeness (QED) is 0.767. The van der Waals surface area contributed by atoms with Gasteiger partial charge in [0.1, 0.15) is 11.5 Å². The molecule has 0 saturated carbocycles. The van der Waals surface area contributed by atoms with Crippen molar-refractivity contribution in [2.75, 3.05) is 6.61 Å². The van der Waals surface area contributed by atoms with Gasteiger partial charge < -0.3 is 14.9 Å². The number of hydrogen-bond donors (Lipinski definition) is 2. The van der Waals surface area contributed by atoms with Crippen LogP contribution in [-0.2, 0) is 17.6 Å². The number of phenols is 1. The first-order valence-electron chi connectivity index (χ1n) is 4.78. The molecule has 80 valence electrons. The number of rotatable bonds is 2. The summed E-state index contributed by atoms with van der Waals surface area (Å²) in [6.45, 7) is 2.30. The van der Waals surface area contributed by atoms with Gasteiger partial charge in [-0.15, -0.1) is 0 Å². The first-order chi connectivity index (χ1) is 7.09. The Labute approximate surface area is 87.1 Å². The summed E-state index contributed by atoms with van der Waals surface area (Å²) in [7, 11) is 0. The predicted octanol–water partition coefficient (Wildman–Crippen LogP) is 1.26. The first kappa shape index (κ1) is 9.83. The highest BCUT2D eigenvalue weighted by Crippen LogP contribution is 2.36. The largest absolute Gasteiger partial charge is 0.507 e. The van der Waals surface area contributed by atoms with Gasteiger partial charge in [0, 0.05) is 17.5 Å². The van der Waals surface area contributed by atoms with Gasteiger partial charge in [0.2, 0.25) is 0 Å². The number of carboxylic acid groups (broad SMARTS) is 1. The maximum absolute atomic E-state index is 10.7. The molecule has 4 nitrogen and oxygen atoms in total. The molecule has 0 bridgehead atoms. The van der Waals surface area contributed by atoms with E-state index in [4.69, 9.17) is 9.84 Å². The van der Waals surface area contributed by atoms with E-state index in [-0.39, 0.29) is 12.2 Å². The van der Waals surface area contributed by atoms with E-state index < -0.39 is 5.97 Å². The zero-order valence-corrected chi connectivity index (χ0v) is 8.41. The molecule has 1 aromatic carbocycles. The molecule has 4 heteroatoms. The van der Waals surface area contributed by atoms with Gasteiger partial charge in [-0.1, -0.05) is 0 Å². The lowest BCUT2D eigenvalue weighted by Gasteiger charge is -2.10. The van der Waals surface area contributed by atoms with Crippen LogP contribution in [0.5, 0.6) is 11.5 Å². The number of ether oxygens (including phenoxy) is 1. The lowest BCUT2D eigenvalue weighted by atomic mass is 9.98. The van der Waals surface area contributed by atoms with Crippen LogP contribution in [0.15, 0.2) is 6.07 Å².